The van der Waals surface area contributed by atoms with E-state index in [1.54, 1.807) is 0 Å². The van der Waals surface area contributed by atoms with Crippen LogP contribution in [0.1, 0.15) is 78.6 Å². The maximum Gasteiger partial charge on any atom is 0.305 e. The molecular weight excluding hydrogens is 380 g/mol. The highest BCUT2D eigenvalue weighted by Gasteiger charge is 2.65. The van der Waals surface area contributed by atoms with Crippen LogP contribution in [0, 0.1) is 46.3 Å². The zero-order chi connectivity index (χ0) is 21.8. The van der Waals surface area contributed by atoms with Gasteiger partial charge in [-0.05, 0) is 97.7 Å². The van der Waals surface area contributed by atoms with Gasteiger partial charge in [0.1, 0.15) is 0 Å². The Morgan fingerprint density at radius 1 is 1.07 bits per heavy atom. The predicted molar refractivity (Wildman–Crippen MR) is 114 cm³/mol. The molecule has 11 atom stereocenters. The van der Waals surface area contributed by atoms with Gasteiger partial charge in [-0.25, -0.2) is 0 Å². The van der Waals surface area contributed by atoms with Crippen LogP contribution in [0.5, 0.6) is 0 Å². The number of esters is 1. The van der Waals surface area contributed by atoms with Crippen LogP contribution >= 0.6 is 0 Å². The number of methoxy groups -OCH3 is 1. The van der Waals surface area contributed by atoms with Crippen molar-refractivity contribution in [2.24, 2.45) is 46.3 Å². The lowest BCUT2D eigenvalue weighted by Gasteiger charge is -2.63. The van der Waals surface area contributed by atoms with Gasteiger partial charge in [-0.2, -0.15) is 0 Å². The molecule has 0 aliphatic heterocycles. The minimum atomic E-state index is -0.369. The smallest absolute Gasteiger partial charge is 0.305 e. The summed E-state index contributed by atoms with van der Waals surface area (Å²) in [5.41, 5.74) is -0.0882. The third kappa shape index (κ3) is 3.34. The van der Waals surface area contributed by atoms with Gasteiger partial charge in [-0.15, -0.1) is 0 Å². The molecule has 30 heavy (non-hydrogen) atoms. The van der Waals surface area contributed by atoms with E-state index < -0.39 is 0 Å². The van der Waals surface area contributed by atoms with E-state index in [9.17, 15) is 20.1 Å². The van der Waals surface area contributed by atoms with E-state index in [2.05, 4.69) is 20.8 Å². The number of hydrogen-bond acceptors (Lipinski definition) is 5. The number of fused-ring (bicyclic) bond motifs is 5. The Morgan fingerprint density at radius 2 is 1.80 bits per heavy atom. The molecular formula is C25H42O5. The molecule has 0 aromatic heterocycles. The van der Waals surface area contributed by atoms with Crippen LogP contribution in [0.15, 0.2) is 0 Å². The zero-order valence-corrected chi connectivity index (χ0v) is 19.2. The van der Waals surface area contributed by atoms with Crippen molar-refractivity contribution >= 4 is 5.97 Å². The molecule has 0 radical (unpaired) electrons. The highest BCUT2D eigenvalue weighted by Crippen LogP contribution is 2.68. The number of aliphatic hydroxyl groups is 3. The van der Waals surface area contributed by atoms with Gasteiger partial charge in [0.2, 0.25) is 0 Å². The Balaban J connectivity index is 1.58. The summed E-state index contributed by atoms with van der Waals surface area (Å²) in [6.07, 6.45) is 6.60. The van der Waals surface area contributed by atoms with Crippen molar-refractivity contribution in [1.29, 1.82) is 0 Å². The maximum atomic E-state index is 11.7. The first-order chi connectivity index (χ1) is 14.1. The molecule has 3 N–H and O–H groups in total. The summed E-state index contributed by atoms with van der Waals surface area (Å²) in [6.45, 7) is 6.85. The van der Waals surface area contributed by atoms with Crippen LogP contribution in [0.25, 0.3) is 0 Å². The first kappa shape index (κ1) is 22.5. The maximum absolute atomic E-state index is 11.7. The molecule has 5 nitrogen and oxygen atoms in total. The van der Waals surface area contributed by atoms with Crippen molar-refractivity contribution in [3.8, 4) is 0 Å². The molecule has 4 rings (SSSR count). The molecule has 0 heterocycles. The van der Waals surface area contributed by atoms with Crippen LogP contribution in [-0.4, -0.2) is 46.7 Å². The number of rotatable bonds is 4. The summed E-state index contributed by atoms with van der Waals surface area (Å²) < 4.78 is 4.83. The van der Waals surface area contributed by atoms with Crippen LogP contribution in [0.2, 0.25) is 0 Å². The monoisotopic (exact) mass is 422 g/mol. The Bertz CT molecular complexity index is 651. The largest absolute Gasteiger partial charge is 0.469 e. The number of aliphatic hydroxyl groups excluding tert-OH is 3. The van der Waals surface area contributed by atoms with E-state index in [1.807, 2.05) is 0 Å². The fourth-order valence-electron chi connectivity index (χ4n) is 8.78. The molecule has 4 aliphatic carbocycles. The predicted octanol–water partition coefficient (Wildman–Crippen LogP) is 3.54. The lowest BCUT2D eigenvalue weighted by molar-refractivity contribution is -0.207. The fourth-order valence-corrected chi connectivity index (χ4v) is 8.78. The van der Waals surface area contributed by atoms with E-state index >= 15 is 0 Å². The molecule has 0 unspecified atom stereocenters. The normalized spacial score (nSPS) is 51.4. The summed E-state index contributed by atoms with van der Waals surface area (Å²) in [5.74, 6) is 1.81. The Kier molecular flexibility index (Phi) is 6.04. The molecule has 0 bridgehead atoms. The highest BCUT2D eigenvalue weighted by molar-refractivity contribution is 5.69. The van der Waals surface area contributed by atoms with Crippen molar-refractivity contribution in [2.75, 3.05) is 7.11 Å². The highest BCUT2D eigenvalue weighted by atomic mass is 16.5. The quantitative estimate of drug-likeness (QED) is 0.603. The number of ether oxygens (including phenoxy) is 1. The van der Waals surface area contributed by atoms with Crippen molar-refractivity contribution < 1.29 is 24.9 Å². The van der Waals surface area contributed by atoms with Gasteiger partial charge < -0.3 is 20.1 Å². The zero-order valence-electron chi connectivity index (χ0n) is 19.2. The summed E-state index contributed by atoms with van der Waals surface area (Å²) in [5, 5.41) is 33.1. The van der Waals surface area contributed by atoms with Crippen LogP contribution in [0.3, 0.4) is 0 Å². The van der Waals surface area contributed by atoms with Gasteiger partial charge >= 0.3 is 5.97 Å². The van der Waals surface area contributed by atoms with Crippen LogP contribution < -0.4 is 0 Å². The molecule has 4 aliphatic rings. The van der Waals surface area contributed by atoms with Crippen molar-refractivity contribution in [2.45, 2.75) is 96.9 Å². The van der Waals surface area contributed by atoms with E-state index in [0.717, 1.165) is 51.4 Å². The average molecular weight is 423 g/mol. The third-order valence-corrected chi connectivity index (χ3v) is 10.6. The minimum Gasteiger partial charge on any atom is -0.469 e. The van der Waals surface area contributed by atoms with E-state index in [1.165, 1.54) is 7.11 Å². The molecule has 0 aromatic rings. The number of hydrogen-bond donors (Lipinski definition) is 3. The van der Waals surface area contributed by atoms with E-state index in [4.69, 9.17) is 4.74 Å². The van der Waals surface area contributed by atoms with Gasteiger partial charge in [0.15, 0.2) is 0 Å². The van der Waals surface area contributed by atoms with Gasteiger partial charge in [0.25, 0.3) is 0 Å². The molecule has 4 fully saturated rings. The average Bonchev–Trinajstić information content (AvgIpc) is 3.06. The van der Waals surface area contributed by atoms with Crippen molar-refractivity contribution in [3.63, 3.8) is 0 Å². The van der Waals surface area contributed by atoms with Gasteiger partial charge in [0.05, 0.1) is 25.4 Å². The first-order valence-corrected chi connectivity index (χ1v) is 12.2. The number of carbonyl (C=O) groups excluding carboxylic acids is 1. The molecule has 0 spiro atoms. The van der Waals surface area contributed by atoms with Crippen molar-refractivity contribution in [3.05, 3.63) is 0 Å². The molecule has 172 valence electrons. The Morgan fingerprint density at radius 3 is 2.50 bits per heavy atom. The SMILES string of the molecule is COC(=O)CC[C@H](C)[C@H]1CC[C@H]2[C@@H]3[C@H](O)C[C@H]4C[C@@H](O)CC[C@]4(C)[C@H]3C[C@@H](O)[C@]12C. The Labute approximate surface area is 181 Å². The van der Waals surface area contributed by atoms with Crippen molar-refractivity contribution in [1.82, 2.24) is 0 Å². The van der Waals surface area contributed by atoms with Crippen LogP contribution in [0.4, 0.5) is 0 Å². The summed E-state index contributed by atoms with van der Waals surface area (Å²) in [7, 11) is 1.44. The summed E-state index contributed by atoms with van der Waals surface area (Å²) in [4.78, 5) is 11.7. The van der Waals surface area contributed by atoms with Crippen LogP contribution in [-0.2, 0) is 9.53 Å². The van der Waals surface area contributed by atoms with Gasteiger partial charge in [-0.1, -0.05) is 20.8 Å². The standard InChI is InChI=1S/C25H42O5/c1-14(5-8-22(29)30-4)17-6-7-18-23-19(13-21(28)25(17,18)3)24(2)10-9-16(26)11-15(24)12-20(23)27/h14-21,23,26-28H,5-13H2,1-4H3/t14-,15+,16-,17+,18-,19-,20+,21+,23-,24-,25+/m0/s1. The second-order valence-electron chi connectivity index (χ2n) is 11.6. The van der Waals surface area contributed by atoms with E-state index in [-0.39, 0.29) is 41.0 Å². The third-order valence-electron chi connectivity index (χ3n) is 10.6. The molecule has 4 saturated carbocycles. The lowest BCUT2D eigenvalue weighted by Crippen LogP contribution is -2.62. The first-order valence-electron chi connectivity index (χ1n) is 12.2. The van der Waals surface area contributed by atoms with Gasteiger partial charge in [-0.3, -0.25) is 4.79 Å². The second kappa shape index (κ2) is 8.04. The molecule has 0 aromatic carbocycles. The topological polar surface area (TPSA) is 87.0 Å². The number of carbonyl (C=O) groups is 1. The molecule has 0 amide bonds. The summed E-state index contributed by atoms with van der Waals surface area (Å²) >= 11 is 0. The summed E-state index contributed by atoms with van der Waals surface area (Å²) in [6, 6.07) is 0. The molecule has 5 heteroatoms. The molecule has 0 saturated heterocycles. The van der Waals surface area contributed by atoms with E-state index in [0.29, 0.717) is 36.0 Å². The Hall–Kier alpha value is -0.650. The fraction of sp³-hybridized carbons (Fsp3) is 0.960. The second-order valence-corrected chi connectivity index (χ2v) is 11.6. The minimum absolute atomic E-state index is 0.111. The lowest BCUT2D eigenvalue weighted by atomic mass is 9.43. The van der Waals surface area contributed by atoms with Gasteiger partial charge in [0, 0.05) is 6.42 Å².